The number of nitrogens with zero attached hydrogens (tertiary/aromatic N) is 2. The molecule has 0 aromatic carbocycles. The van der Waals surface area contributed by atoms with E-state index in [4.69, 9.17) is 11.6 Å². The van der Waals surface area contributed by atoms with E-state index in [-0.39, 0.29) is 11.8 Å². The first-order valence-electron chi connectivity index (χ1n) is 7.23. The molecule has 116 valence electrons. The maximum absolute atomic E-state index is 12.8. The summed E-state index contributed by atoms with van der Waals surface area (Å²) in [4.78, 5) is 26.5. The first-order chi connectivity index (χ1) is 10.1. The highest BCUT2D eigenvalue weighted by Gasteiger charge is 2.33. The average molecular weight is 313 g/mol. The van der Waals surface area contributed by atoms with E-state index in [2.05, 4.69) is 10.6 Å². The van der Waals surface area contributed by atoms with Crippen LogP contribution in [0.15, 0.2) is 12.3 Å². The average Bonchev–Trinajstić information content (AvgIpc) is 2.88. The molecule has 1 unspecified atom stereocenters. The van der Waals surface area contributed by atoms with Gasteiger partial charge in [0.2, 0.25) is 5.91 Å². The van der Waals surface area contributed by atoms with Gasteiger partial charge in [-0.2, -0.15) is 0 Å². The van der Waals surface area contributed by atoms with Crippen LogP contribution in [0.2, 0.25) is 5.02 Å². The molecule has 0 bridgehead atoms. The second-order valence-electron chi connectivity index (χ2n) is 4.94. The van der Waals surface area contributed by atoms with Crippen molar-refractivity contribution in [3.05, 3.63) is 23.0 Å². The summed E-state index contributed by atoms with van der Waals surface area (Å²) in [6, 6.07) is 1.18. The van der Waals surface area contributed by atoms with E-state index in [1.807, 2.05) is 18.4 Å². The van der Waals surface area contributed by atoms with Gasteiger partial charge < -0.3 is 20.1 Å². The zero-order chi connectivity index (χ0) is 15.4. The molecule has 2 rings (SSSR count). The van der Waals surface area contributed by atoms with Crippen molar-refractivity contribution in [3.63, 3.8) is 0 Å². The zero-order valence-electron chi connectivity index (χ0n) is 12.4. The Balaban J connectivity index is 2.24. The van der Waals surface area contributed by atoms with E-state index in [1.165, 1.54) is 0 Å². The molecule has 2 heterocycles. The molecular formula is C14H21ClN4O2. The number of piperazine rings is 1. The number of amides is 2. The van der Waals surface area contributed by atoms with Crippen LogP contribution < -0.4 is 10.6 Å². The monoisotopic (exact) mass is 312 g/mol. The van der Waals surface area contributed by atoms with Crippen molar-refractivity contribution in [2.45, 2.75) is 26.4 Å². The predicted octanol–water partition coefficient (Wildman–Crippen LogP) is 0.711. The standard InChI is InChI=1S/C14H21ClN4O2/c1-3-17-13(20)12-8-16-5-6-19(12)14(21)11-7-10(15)9-18(11)4-2/h7,9,12,16H,3-6,8H2,1-2H3,(H,17,20). The second-order valence-corrected chi connectivity index (χ2v) is 5.38. The lowest BCUT2D eigenvalue weighted by Gasteiger charge is -2.35. The molecule has 0 spiro atoms. The maximum atomic E-state index is 12.8. The van der Waals surface area contributed by atoms with E-state index in [0.717, 1.165) is 0 Å². The Hall–Kier alpha value is -1.53. The largest absolute Gasteiger partial charge is 0.355 e. The van der Waals surface area contributed by atoms with Crippen molar-refractivity contribution in [2.24, 2.45) is 0 Å². The van der Waals surface area contributed by atoms with Gasteiger partial charge in [-0.25, -0.2) is 0 Å². The van der Waals surface area contributed by atoms with Crippen molar-refractivity contribution in [1.29, 1.82) is 0 Å². The highest BCUT2D eigenvalue weighted by molar-refractivity contribution is 6.31. The van der Waals surface area contributed by atoms with Crippen LogP contribution in [0, 0.1) is 0 Å². The van der Waals surface area contributed by atoms with Gasteiger partial charge in [-0.05, 0) is 19.9 Å². The van der Waals surface area contributed by atoms with Gasteiger partial charge in [0.25, 0.3) is 5.91 Å². The van der Waals surface area contributed by atoms with Gasteiger partial charge in [-0.15, -0.1) is 0 Å². The lowest BCUT2D eigenvalue weighted by molar-refractivity contribution is -0.126. The molecule has 1 aromatic rings. The number of carbonyl (C=O) groups is 2. The second kappa shape index (κ2) is 6.95. The predicted molar refractivity (Wildman–Crippen MR) is 81.5 cm³/mol. The van der Waals surface area contributed by atoms with Crippen LogP contribution in [0.3, 0.4) is 0 Å². The number of halogens is 1. The quantitative estimate of drug-likeness (QED) is 0.860. The number of aromatic nitrogens is 1. The third kappa shape index (κ3) is 3.39. The summed E-state index contributed by atoms with van der Waals surface area (Å²) in [6.45, 7) is 6.68. The van der Waals surface area contributed by atoms with Crippen molar-refractivity contribution in [3.8, 4) is 0 Å². The van der Waals surface area contributed by atoms with Crippen molar-refractivity contribution in [2.75, 3.05) is 26.2 Å². The normalized spacial score (nSPS) is 18.6. The maximum Gasteiger partial charge on any atom is 0.271 e. The van der Waals surface area contributed by atoms with Gasteiger partial charge >= 0.3 is 0 Å². The molecule has 2 N–H and O–H groups in total. The minimum Gasteiger partial charge on any atom is -0.355 e. The molecule has 21 heavy (non-hydrogen) atoms. The minimum absolute atomic E-state index is 0.126. The summed E-state index contributed by atoms with van der Waals surface area (Å²) in [5.41, 5.74) is 0.527. The van der Waals surface area contributed by atoms with Crippen molar-refractivity contribution < 1.29 is 9.59 Å². The van der Waals surface area contributed by atoms with Crippen LogP contribution in [-0.4, -0.2) is 53.5 Å². The topological polar surface area (TPSA) is 66.4 Å². The number of aryl methyl sites for hydroxylation is 1. The minimum atomic E-state index is -0.481. The summed E-state index contributed by atoms with van der Waals surface area (Å²) >= 11 is 5.99. The van der Waals surface area contributed by atoms with Gasteiger partial charge in [0, 0.05) is 38.9 Å². The molecule has 7 heteroatoms. The Morgan fingerprint density at radius 3 is 2.90 bits per heavy atom. The van der Waals surface area contributed by atoms with E-state index in [1.54, 1.807) is 17.2 Å². The Labute approximate surface area is 129 Å². The Morgan fingerprint density at radius 1 is 1.48 bits per heavy atom. The molecule has 1 fully saturated rings. The number of hydrogen-bond donors (Lipinski definition) is 2. The molecule has 1 aromatic heterocycles. The van der Waals surface area contributed by atoms with Gasteiger partial charge in [0.15, 0.2) is 0 Å². The first kappa shape index (κ1) is 15.9. The highest BCUT2D eigenvalue weighted by Crippen LogP contribution is 2.18. The number of likely N-dealkylation sites (N-methyl/N-ethyl adjacent to an activating group) is 1. The molecule has 0 saturated carbocycles. The number of hydrogen-bond acceptors (Lipinski definition) is 3. The molecule has 0 radical (unpaired) electrons. The van der Waals surface area contributed by atoms with E-state index in [9.17, 15) is 9.59 Å². The molecule has 1 aliphatic rings. The molecule has 0 aliphatic carbocycles. The van der Waals surface area contributed by atoms with Crippen LogP contribution in [0.5, 0.6) is 0 Å². The third-order valence-corrected chi connectivity index (χ3v) is 3.79. The molecule has 1 saturated heterocycles. The number of carbonyl (C=O) groups excluding carboxylic acids is 2. The van der Waals surface area contributed by atoms with E-state index >= 15 is 0 Å². The highest BCUT2D eigenvalue weighted by atomic mass is 35.5. The molecule has 6 nitrogen and oxygen atoms in total. The van der Waals surface area contributed by atoms with Gasteiger partial charge in [-0.1, -0.05) is 11.6 Å². The van der Waals surface area contributed by atoms with E-state index in [0.29, 0.717) is 43.4 Å². The Kier molecular flexibility index (Phi) is 5.25. The summed E-state index contributed by atoms with van der Waals surface area (Å²) in [5.74, 6) is -0.278. The fourth-order valence-electron chi connectivity index (χ4n) is 2.54. The molecular weight excluding hydrogens is 292 g/mol. The van der Waals surface area contributed by atoms with Crippen LogP contribution in [0.1, 0.15) is 24.3 Å². The summed E-state index contributed by atoms with van der Waals surface area (Å²) in [5, 5.41) is 6.47. The van der Waals surface area contributed by atoms with Gasteiger partial charge in [-0.3, -0.25) is 9.59 Å². The van der Waals surface area contributed by atoms with E-state index < -0.39 is 6.04 Å². The first-order valence-corrected chi connectivity index (χ1v) is 7.61. The number of rotatable bonds is 4. The van der Waals surface area contributed by atoms with Crippen LogP contribution in [0.25, 0.3) is 0 Å². The van der Waals surface area contributed by atoms with Gasteiger partial charge in [0.1, 0.15) is 11.7 Å². The smallest absolute Gasteiger partial charge is 0.271 e. The SMILES string of the molecule is CCNC(=O)C1CNCCN1C(=O)c1cc(Cl)cn1CC. The lowest BCUT2D eigenvalue weighted by atomic mass is 10.1. The Morgan fingerprint density at radius 2 is 2.24 bits per heavy atom. The van der Waals surface area contributed by atoms with Crippen molar-refractivity contribution >= 4 is 23.4 Å². The van der Waals surface area contributed by atoms with Crippen LogP contribution in [0.4, 0.5) is 0 Å². The zero-order valence-corrected chi connectivity index (χ0v) is 13.1. The van der Waals surface area contributed by atoms with Crippen LogP contribution in [-0.2, 0) is 11.3 Å². The van der Waals surface area contributed by atoms with Gasteiger partial charge in [0.05, 0.1) is 5.02 Å². The fraction of sp³-hybridized carbons (Fsp3) is 0.571. The Bertz CT molecular complexity index is 529. The fourth-order valence-corrected chi connectivity index (χ4v) is 2.76. The number of nitrogens with one attached hydrogen (secondary N) is 2. The molecule has 2 amide bonds. The summed E-state index contributed by atoms with van der Waals surface area (Å²) < 4.78 is 1.81. The summed E-state index contributed by atoms with van der Waals surface area (Å²) in [6.07, 6.45) is 1.73. The molecule has 1 atom stereocenters. The van der Waals surface area contributed by atoms with Crippen molar-refractivity contribution in [1.82, 2.24) is 20.1 Å². The van der Waals surface area contributed by atoms with Crippen LogP contribution >= 0.6 is 11.6 Å². The molecule has 1 aliphatic heterocycles. The third-order valence-electron chi connectivity index (χ3n) is 3.58. The lowest BCUT2D eigenvalue weighted by Crippen LogP contribution is -2.59. The summed E-state index contributed by atoms with van der Waals surface area (Å²) in [7, 11) is 0.